The smallest absolute Gasteiger partial charge is 0.251 e. The van der Waals surface area contributed by atoms with Crippen LogP contribution in [-0.4, -0.2) is 12.5 Å². The van der Waals surface area contributed by atoms with Crippen LogP contribution in [-0.2, 0) is 6.42 Å². The number of nitrogens with two attached hydrogens (primary N) is 2. The molecule has 0 saturated heterocycles. The largest absolute Gasteiger partial charge is 0.397 e. The Hall–Kier alpha value is -2.13. The first kappa shape index (κ1) is 15.3. The molecule has 0 spiro atoms. The van der Waals surface area contributed by atoms with Crippen molar-refractivity contribution in [1.82, 2.24) is 5.32 Å². The summed E-state index contributed by atoms with van der Waals surface area (Å²) in [7, 11) is 2.27. The minimum Gasteiger partial charge on any atom is -0.397 e. The number of carbonyl (C=O) groups is 1. The van der Waals surface area contributed by atoms with Gasteiger partial charge in [-0.2, -0.15) is 0 Å². The molecular weight excluding hydrogens is 288 g/mol. The molecule has 5 N–H and O–H groups in total. The first-order valence-electron chi connectivity index (χ1n) is 6.44. The molecule has 2 aromatic carbocycles. The molecule has 1 unspecified atom stereocenters. The van der Waals surface area contributed by atoms with Gasteiger partial charge in [-0.3, -0.25) is 4.79 Å². The summed E-state index contributed by atoms with van der Waals surface area (Å²) in [6.45, 7) is 0.437. The van der Waals surface area contributed by atoms with Crippen LogP contribution >= 0.6 is 9.24 Å². The highest BCUT2D eigenvalue weighted by Gasteiger charge is 2.07. The molecule has 0 aliphatic carbocycles. The van der Waals surface area contributed by atoms with Crippen molar-refractivity contribution >= 4 is 31.8 Å². The van der Waals surface area contributed by atoms with Crippen LogP contribution in [0.3, 0.4) is 0 Å². The molecule has 0 saturated carbocycles. The first-order chi connectivity index (χ1) is 9.97. The van der Waals surface area contributed by atoms with Gasteiger partial charge in [0.25, 0.3) is 5.91 Å². The molecule has 110 valence electrons. The third-order valence-electron chi connectivity index (χ3n) is 3.11. The lowest BCUT2D eigenvalue weighted by atomic mass is 10.1. The summed E-state index contributed by atoms with van der Waals surface area (Å²) in [6, 6.07) is 9.74. The van der Waals surface area contributed by atoms with Crippen molar-refractivity contribution < 1.29 is 9.18 Å². The highest BCUT2D eigenvalue weighted by molar-refractivity contribution is 7.27. The van der Waals surface area contributed by atoms with E-state index < -0.39 is 5.82 Å². The van der Waals surface area contributed by atoms with Crippen molar-refractivity contribution in [3.8, 4) is 0 Å². The number of nitrogen functional groups attached to an aromatic ring is 2. The molecule has 0 aliphatic rings. The standard InChI is InChI=1S/C15H17FN3OP/c16-11-8-10(2-4-14(11)21)15(20)19-6-5-9-1-3-12(17)13(18)7-9/h1-4,7-8H,5-6,17-18,21H2,(H,19,20). The molecule has 1 amide bonds. The highest BCUT2D eigenvalue weighted by atomic mass is 31.0. The predicted molar refractivity (Wildman–Crippen MR) is 87.0 cm³/mol. The number of anilines is 2. The van der Waals surface area contributed by atoms with Gasteiger partial charge in [0.1, 0.15) is 5.82 Å². The fourth-order valence-electron chi connectivity index (χ4n) is 1.87. The van der Waals surface area contributed by atoms with Gasteiger partial charge in [-0.25, -0.2) is 4.39 Å². The normalized spacial score (nSPS) is 10.4. The zero-order valence-electron chi connectivity index (χ0n) is 11.4. The molecule has 0 radical (unpaired) electrons. The van der Waals surface area contributed by atoms with Gasteiger partial charge < -0.3 is 16.8 Å². The van der Waals surface area contributed by atoms with Gasteiger partial charge in [0, 0.05) is 17.4 Å². The second-order valence-electron chi connectivity index (χ2n) is 4.71. The average molecular weight is 305 g/mol. The monoisotopic (exact) mass is 305 g/mol. The Morgan fingerprint density at radius 2 is 1.90 bits per heavy atom. The molecule has 2 aromatic rings. The van der Waals surface area contributed by atoms with E-state index in [0.29, 0.717) is 35.2 Å². The molecule has 2 rings (SSSR count). The maximum Gasteiger partial charge on any atom is 0.251 e. The number of rotatable bonds is 4. The van der Waals surface area contributed by atoms with Crippen LogP contribution in [0, 0.1) is 5.82 Å². The minimum absolute atomic E-state index is 0.301. The SMILES string of the molecule is Nc1ccc(CCNC(=O)c2ccc(P)c(F)c2)cc1N. The van der Waals surface area contributed by atoms with Crippen LogP contribution in [0.4, 0.5) is 15.8 Å². The molecule has 0 aliphatic heterocycles. The van der Waals surface area contributed by atoms with Crippen LogP contribution in [0.15, 0.2) is 36.4 Å². The minimum atomic E-state index is -0.418. The Labute approximate surface area is 124 Å². The lowest BCUT2D eigenvalue weighted by Crippen LogP contribution is -2.26. The predicted octanol–water partition coefficient (Wildman–Crippen LogP) is 1.46. The van der Waals surface area contributed by atoms with Gasteiger partial charge in [-0.15, -0.1) is 9.24 Å². The van der Waals surface area contributed by atoms with Crippen molar-refractivity contribution in [2.75, 3.05) is 18.0 Å². The zero-order valence-corrected chi connectivity index (χ0v) is 12.6. The topological polar surface area (TPSA) is 81.1 Å². The molecule has 0 heterocycles. The third kappa shape index (κ3) is 3.92. The van der Waals surface area contributed by atoms with E-state index in [1.165, 1.54) is 6.07 Å². The van der Waals surface area contributed by atoms with Crippen molar-refractivity contribution in [3.63, 3.8) is 0 Å². The molecule has 21 heavy (non-hydrogen) atoms. The second kappa shape index (κ2) is 6.55. The van der Waals surface area contributed by atoms with Gasteiger partial charge in [0.2, 0.25) is 0 Å². The Balaban J connectivity index is 1.92. The summed E-state index contributed by atoms with van der Waals surface area (Å²) in [5.74, 6) is -0.721. The van der Waals surface area contributed by atoms with Gasteiger partial charge in [0.15, 0.2) is 0 Å². The van der Waals surface area contributed by atoms with Crippen LogP contribution in [0.5, 0.6) is 0 Å². The highest BCUT2D eigenvalue weighted by Crippen LogP contribution is 2.16. The Morgan fingerprint density at radius 3 is 2.57 bits per heavy atom. The van der Waals surface area contributed by atoms with Gasteiger partial charge in [-0.05, 0) is 36.2 Å². The molecule has 1 atom stereocenters. The molecule has 4 nitrogen and oxygen atoms in total. The number of benzene rings is 2. The van der Waals surface area contributed by atoms with E-state index in [0.717, 1.165) is 5.56 Å². The molecule has 0 bridgehead atoms. The fraction of sp³-hybridized carbons (Fsp3) is 0.133. The van der Waals surface area contributed by atoms with Crippen molar-refractivity contribution in [2.45, 2.75) is 6.42 Å². The molecule has 0 fully saturated rings. The molecule has 6 heteroatoms. The average Bonchev–Trinajstić information content (AvgIpc) is 2.45. The van der Waals surface area contributed by atoms with Crippen LogP contribution < -0.4 is 22.1 Å². The van der Waals surface area contributed by atoms with Crippen LogP contribution in [0.1, 0.15) is 15.9 Å². The van der Waals surface area contributed by atoms with Gasteiger partial charge in [-0.1, -0.05) is 12.1 Å². The Kier molecular flexibility index (Phi) is 4.76. The number of nitrogens with one attached hydrogen (secondary N) is 1. The maximum atomic E-state index is 13.4. The number of halogens is 1. The van der Waals surface area contributed by atoms with E-state index in [1.807, 2.05) is 6.07 Å². The lowest BCUT2D eigenvalue weighted by molar-refractivity contribution is 0.0953. The van der Waals surface area contributed by atoms with Crippen molar-refractivity contribution in [2.24, 2.45) is 0 Å². The van der Waals surface area contributed by atoms with Gasteiger partial charge >= 0.3 is 0 Å². The second-order valence-corrected chi connectivity index (χ2v) is 5.33. The number of carbonyl (C=O) groups excluding carboxylic acids is 1. The summed E-state index contributed by atoms with van der Waals surface area (Å²) in [6.07, 6.45) is 0.625. The van der Waals surface area contributed by atoms with E-state index in [9.17, 15) is 9.18 Å². The van der Waals surface area contributed by atoms with E-state index >= 15 is 0 Å². The van der Waals surface area contributed by atoms with Crippen molar-refractivity contribution in [3.05, 3.63) is 53.3 Å². The lowest BCUT2D eigenvalue weighted by Gasteiger charge is -2.07. The summed E-state index contributed by atoms with van der Waals surface area (Å²) in [4.78, 5) is 11.9. The molecular formula is C15H17FN3OP. The Morgan fingerprint density at radius 1 is 1.14 bits per heavy atom. The zero-order chi connectivity index (χ0) is 15.4. The summed E-state index contributed by atoms with van der Waals surface area (Å²) >= 11 is 0. The maximum absolute atomic E-state index is 13.4. The number of amides is 1. The van der Waals surface area contributed by atoms with Crippen molar-refractivity contribution in [1.29, 1.82) is 0 Å². The third-order valence-corrected chi connectivity index (χ3v) is 3.58. The number of hydrogen-bond donors (Lipinski definition) is 3. The van der Waals surface area contributed by atoms with Crippen LogP contribution in [0.25, 0.3) is 0 Å². The van der Waals surface area contributed by atoms with E-state index in [2.05, 4.69) is 14.6 Å². The Bertz CT molecular complexity index is 676. The summed E-state index contributed by atoms with van der Waals surface area (Å²) in [5.41, 5.74) is 13.7. The fourth-order valence-corrected chi connectivity index (χ4v) is 2.05. The van der Waals surface area contributed by atoms with E-state index in [-0.39, 0.29) is 5.91 Å². The summed E-state index contributed by atoms with van der Waals surface area (Å²) < 4.78 is 13.4. The van der Waals surface area contributed by atoms with E-state index in [4.69, 9.17) is 11.5 Å². The first-order valence-corrected chi connectivity index (χ1v) is 7.02. The van der Waals surface area contributed by atoms with E-state index in [1.54, 1.807) is 24.3 Å². The van der Waals surface area contributed by atoms with Crippen LogP contribution in [0.2, 0.25) is 0 Å². The van der Waals surface area contributed by atoms with Gasteiger partial charge in [0.05, 0.1) is 11.4 Å². The molecule has 0 aromatic heterocycles. The quantitative estimate of drug-likeness (QED) is 0.591. The summed E-state index contributed by atoms with van der Waals surface area (Å²) in [5, 5.41) is 3.18. The number of hydrogen-bond acceptors (Lipinski definition) is 3.